The smallest absolute Gasteiger partial charge is 0.319 e. The third kappa shape index (κ3) is 9.13. The highest BCUT2D eigenvalue weighted by Gasteiger charge is 2.49. The number of carbonyl (C=O) groups excluding carboxylic acids is 3. The quantitative estimate of drug-likeness (QED) is 0.105. The molecule has 2 aliphatic carbocycles. The first-order valence-corrected chi connectivity index (χ1v) is 26.5. The lowest BCUT2D eigenvalue weighted by molar-refractivity contribution is -0.137. The number of amides is 3. The number of hydrogen-bond donors (Lipinski definition) is 3. The largest absolute Gasteiger partial charge is 0.508 e. The molecule has 384 valence electrons. The molecule has 5 aliphatic heterocycles. The summed E-state index contributed by atoms with van der Waals surface area (Å²) in [6.45, 7) is 9.94. The van der Waals surface area contributed by atoms with Crippen LogP contribution in [0.3, 0.4) is 0 Å². The van der Waals surface area contributed by atoms with Gasteiger partial charge in [0.25, 0.3) is 5.91 Å². The van der Waals surface area contributed by atoms with Crippen molar-refractivity contribution >= 4 is 50.9 Å². The number of halogens is 2. The minimum Gasteiger partial charge on any atom is -0.508 e. The number of hydrogen-bond acceptors (Lipinski definition) is 13. The van der Waals surface area contributed by atoms with E-state index in [0.717, 1.165) is 102 Å². The summed E-state index contributed by atoms with van der Waals surface area (Å²) >= 11 is 0. The van der Waals surface area contributed by atoms with E-state index in [4.69, 9.17) is 19.4 Å². The van der Waals surface area contributed by atoms with Crippen LogP contribution in [0.2, 0.25) is 0 Å². The first-order chi connectivity index (χ1) is 35.1. The number of phenolic OH excluding ortho intramolecular Hbond substituents is 1. The number of nitrogens with zero attached hydrogens (tertiary/aromatic N) is 7. The highest BCUT2D eigenvalue weighted by Crippen LogP contribution is 2.52. The zero-order valence-corrected chi connectivity index (χ0v) is 41.7. The van der Waals surface area contributed by atoms with Crippen molar-refractivity contribution < 1.29 is 42.9 Å². The van der Waals surface area contributed by atoms with Crippen LogP contribution in [0.5, 0.6) is 11.8 Å². The Morgan fingerprint density at radius 1 is 0.877 bits per heavy atom. The van der Waals surface area contributed by atoms with E-state index in [2.05, 4.69) is 26.2 Å². The number of aromatic hydroxyl groups is 1. The third-order valence-electron chi connectivity index (χ3n) is 17.3. The van der Waals surface area contributed by atoms with E-state index in [9.17, 15) is 24.6 Å². The lowest BCUT2D eigenvalue weighted by Gasteiger charge is -2.53. The topological polar surface area (TPSA) is 174 Å². The molecule has 1 unspecified atom stereocenters. The SMILES string of the molecule is CCc1c(F)ccc2cc(O)cc(-c3ncc4c(N5CCC[C@@](C)(O)C5)nc(OCC5(CN6CCC(OC7CC8(CCN(c9ccc%10c(c9)CN(C9CCC(=O)NC9=O)C%10=O)CC8)C7)CC6)CC5)nc4c3F)c12. The van der Waals surface area contributed by atoms with Crippen molar-refractivity contribution in [3.8, 4) is 23.0 Å². The second-order valence-corrected chi connectivity index (χ2v) is 22.7. The summed E-state index contributed by atoms with van der Waals surface area (Å²) < 4.78 is 45.5. The Labute approximate surface area is 423 Å². The van der Waals surface area contributed by atoms with Gasteiger partial charge in [0.2, 0.25) is 11.8 Å². The van der Waals surface area contributed by atoms with Crippen molar-refractivity contribution in [2.45, 2.75) is 128 Å². The Morgan fingerprint density at radius 2 is 1.67 bits per heavy atom. The van der Waals surface area contributed by atoms with E-state index in [1.165, 1.54) is 24.4 Å². The fourth-order valence-electron chi connectivity index (χ4n) is 13.0. The van der Waals surface area contributed by atoms with Gasteiger partial charge in [-0.15, -0.1) is 0 Å². The minimum atomic E-state index is -0.969. The van der Waals surface area contributed by atoms with Crippen LogP contribution in [0.15, 0.2) is 48.7 Å². The summed E-state index contributed by atoms with van der Waals surface area (Å²) in [4.78, 5) is 60.1. The van der Waals surface area contributed by atoms with Gasteiger partial charge in [0.15, 0.2) is 5.82 Å². The number of anilines is 2. The highest BCUT2D eigenvalue weighted by molar-refractivity contribution is 6.06. The van der Waals surface area contributed by atoms with Crippen LogP contribution < -0.4 is 19.9 Å². The Kier molecular flexibility index (Phi) is 12.1. The Hall–Kier alpha value is -6.04. The van der Waals surface area contributed by atoms with Crippen molar-refractivity contribution in [1.82, 2.24) is 30.1 Å². The number of rotatable bonds is 12. The van der Waals surface area contributed by atoms with Crippen LogP contribution in [-0.4, -0.2) is 129 Å². The summed E-state index contributed by atoms with van der Waals surface area (Å²) in [5, 5.41) is 25.7. The normalized spacial score (nSPS) is 24.4. The third-order valence-corrected chi connectivity index (χ3v) is 17.3. The molecule has 4 saturated heterocycles. The van der Waals surface area contributed by atoms with Crippen LogP contribution in [-0.2, 0) is 27.3 Å². The average molecular weight is 999 g/mol. The number of aliphatic hydroxyl groups is 1. The number of imide groups is 1. The van der Waals surface area contributed by atoms with E-state index in [-0.39, 0.29) is 64.4 Å². The Morgan fingerprint density at radius 3 is 2.41 bits per heavy atom. The lowest BCUT2D eigenvalue weighted by atomic mass is 9.61. The van der Waals surface area contributed by atoms with Gasteiger partial charge in [-0.3, -0.25) is 24.7 Å². The number of carbonyl (C=O) groups is 3. The Bertz CT molecular complexity index is 3030. The van der Waals surface area contributed by atoms with E-state index >= 15 is 8.78 Å². The summed E-state index contributed by atoms with van der Waals surface area (Å²) in [6.07, 6.45) is 12.7. The van der Waals surface area contributed by atoms with Crippen molar-refractivity contribution in [3.05, 3.63) is 77.0 Å². The predicted octanol–water partition coefficient (Wildman–Crippen LogP) is 7.59. The zero-order chi connectivity index (χ0) is 50.4. The van der Waals surface area contributed by atoms with Crippen molar-refractivity contribution in [3.63, 3.8) is 0 Å². The molecular formula is C56H64F2N8O7. The molecule has 2 atom stereocenters. The highest BCUT2D eigenvalue weighted by atomic mass is 19.1. The molecule has 73 heavy (non-hydrogen) atoms. The average Bonchev–Trinajstić information content (AvgIpc) is 4.05. The fourth-order valence-corrected chi connectivity index (χ4v) is 13.0. The molecule has 2 aromatic heterocycles. The monoisotopic (exact) mass is 998 g/mol. The molecule has 3 amide bonds. The molecule has 7 heterocycles. The number of aromatic nitrogens is 3. The van der Waals surface area contributed by atoms with Gasteiger partial charge in [-0.25, -0.2) is 8.78 Å². The van der Waals surface area contributed by atoms with Gasteiger partial charge in [0.05, 0.1) is 29.8 Å². The van der Waals surface area contributed by atoms with Crippen molar-refractivity contribution in [2.75, 3.05) is 62.2 Å². The van der Waals surface area contributed by atoms with Crippen LogP contribution in [0.1, 0.15) is 112 Å². The molecule has 1 spiro atoms. The maximum Gasteiger partial charge on any atom is 0.319 e. The van der Waals surface area contributed by atoms with Gasteiger partial charge in [-0.2, -0.15) is 9.97 Å². The number of fused-ring (bicyclic) bond motifs is 3. The second-order valence-electron chi connectivity index (χ2n) is 22.7. The van der Waals surface area contributed by atoms with Crippen molar-refractivity contribution in [1.29, 1.82) is 0 Å². The number of nitrogens with one attached hydrogen (secondary N) is 1. The number of likely N-dealkylation sites (tertiary alicyclic amines) is 1. The van der Waals surface area contributed by atoms with Crippen LogP contribution in [0, 0.1) is 22.5 Å². The maximum atomic E-state index is 17.1. The van der Waals surface area contributed by atoms with Gasteiger partial charge in [-0.05, 0) is 148 Å². The number of phenols is 1. The van der Waals surface area contributed by atoms with Crippen molar-refractivity contribution in [2.24, 2.45) is 10.8 Å². The van der Waals surface area contributed by atoms with E-state index < -0.39 is 29.2 Å². The van der Waals surface area contributed by atoms with Gasteiger partial charge < -0.3 is 39.3 Å². The number of β-amino-alcohol motifs (C(OH)–C–C–N with tert-alkyl or cyclic N) is 1. The van der Waals surface area contributed by atoms with Gasteiger partial charge >= 0.3 is 6.01 Å². The fraction of sp³-hybridized carbons (Fsp3) is 0.536. The molecule has 5 aromatic rings. The number of pyridine rings is 1. The molecule has 15 nitrogen and oxygen atoms in total. The van der Waals surface area contributed by atoms with Gasteiger partial charge in [0.1, 0.15) is 34.6 Å². The lowest BCUT2D eigenvalue weighted by Crippen LogP contribution is -2.52. The van der Waals surface area contributed by atoms with E-state index in [0.29, 0.717) is 84.0 Å². The molecule has 0 radical (unpaired) electrons. The molecule has 7 aliphatic rings. The number of benzene rings is 3. The standard InChI is InChI=1S/C56H64F2N8O7/c1-3-39-43(57)8-5-33-24-36(67)25-41(46(33)39)48-47(58)49-42(28-59-48)50(65-18-4-13-54(2,71)30-65)62-53(61-49)72-32-56(14-15-56)31-63-19-11-37(12-20-63)73-38-26-55(27-38)16-21-64(22-17-55)35-6-7-40-34(23-35)29-66(52(40)70)44-9-10-45(68)60-51(44)69/h5-8,23-25,28,37-38,44,67,71H,3-4,9-22,26-27,29-32H2,1-2H3,(H,60,68,69)/t44?,54-/m1/s1. The molecule has 12 rings (SSSR count). The molecule has 17 heteroatoms. The number of ether oxygens (including phenoxy) is 2. The first kappa shape index (κ1) is 47.9. The minimum absolute atomic E-state index is 0.00772. The molecule has 2 saturated carbocycles. The van der Waals surface area contributed by atoms with Crippen LogP contribution in [0.4, 0.5) is 20.3 Å². The number of piperidine rings is 4. The summed E-state index contributed by atoms with van der Waals surface area (Å²) in [5.74, 6) is -1.62. The Balaban J connectivity index is 0.658. The first-order valence-electron chi connectivity index (χ1n) is 26.5. The zero-order valence-electron chi connectivity index (χ0n) is 41.7. The summed E-state index contributed by atoms with van der Waals surface area (Å²) in [7, 11) is 0. The van der Waals surface area contributed by atoms with Gasteiger partial charge in [0, 0.05) is 87.2 Å². The summed E-state index contributed by atoms with van der Waals surface area (Å²) in [6, 6.07) is 11.4. The predicted molar refractivity (Wildman–Crippen MR) is 270 cm³/mol. The van der Waals surface area contributed by atoms with E-state index in [1.807, 2.05) is 24.0 Å². The van der Waals surface area contributed by atoms with Gasteiger partial charge in [-0.1, -0.05) is 13.0 Å². The molecule has 6 fully saturated rings. The van der Waals surface area contributed by atoms with Crippen LogP contribution >= 0.6 is 0 Å². The molecular weight excluding hydrogens is 935 g/mol. The molecule has 3 aromatic carbocycles. The van der Waals surface area contributed by atoms with E-state index in [1.54, 1.807) is 17.9 Å². The summed E-state index contributed by atoms with van der Waals surface area (Å²) in [5.41, 5.74) is 2.57. The van der Waals surface area contributed by atoms with Crippen LogP contribution in [0.25, 0.3) is 32.9 Å². The number of aryl methyl sites for hydroxylation is 1. The second kappa shape index (κ2) is 18.4. The molecule has 3 N–H and O–H groups in total. The molecule has 0 bridgehead atoms. The maximum absolute atomic E-state index is 17.1.